The number of likely N-dealkylation sites (N-methyl/N-ethyl adjacent to an activating group) is 1. The van der Waals surface area contributed by atoms with Crippen LogP contribution in [0, 0.1) is 5.82 Å². The Morgan fingerprint density at radius 3 is 2.51 bits per heavy atom. The van der Waals surface area contributed by atoms with Crippen LogP contribution in [0.5, 0.6) is 5.75 Å². The van der Waals surface area contributed by atoms with Gasteiger partial charge in [-0.15, -0.1) is 0 Å². The van der Waals surface area contributed by atoms with Gasteiger partial charge in [-0.1, -0.05) is 58.4 Å². The van der Waals surface area contributed by atoms with Gasteiger partial charge in [0, 0.05) is 30.6 Å². The van der Waals surface area contributed by atoms with Crippen LogP contribution >= 0.6 is 15.9 Å². The van der Waals surface area contributed by atoms with Crippen molar-refractivity contribution < 1.29 is 23.5 Å². The molecule has 1 aliphatic heterocycles. The van der Waals surface area contributed by atoms with E-state index in [-0.39, 0.29) is 12.5 Å². The van der Waals surface area contributed by atoms with E-state index in [2.05, 4.69) is 31.2 Å². The fourth-order valence-electron chi connectivity index (χ4n) is 4.54. The quantitative estimate of drug-likeness (QED) is 0.256. The number of rotatable bonds is 9. The number of imide groups is 1. The zero-order valence-electron chi connectivity index (χ0n) is 22.3. The zero-order chi connectivity index (χ0) is 29.1. The number of amides is 4. The first kappa shape index (κ1) is 28.0. The second kappa shape index (κ2) is 11.9. The summed E-state index contributed by atoms with van der Waals surface area (Å²) in [7, 11) is 3.28. The Balaban J connectivity index is 1.41. The van der Waals surface area contributed by atoms with E-state index in [9.17, 15) is 18.8 Å². The summed E-state index contributed by atoms with van der Waals surface area (Å²) in [5.41, 5.74) is 2.20. The number of benzene rings is 3. The largest absolute Gasteiger partial charge is 0.484 e. The Hall–Kier alpha value is -4.51. The number of hydrogen-bond donors (Lipinski definition) is 2. The summed E-state index contributed by atoms with van der Waals surface area (Å²) in [6.45, 7) is -0.115. The lowest BCUT2D eigenvalue weighted by Crippen LogP contribution is -2.36. The Labute approximate surface area is 244 Å². The third-order valence-corrected chi connectivity index (χ3v) is 7.25. The minimum atomic E-state index is -0.920. The molecule has 1 unspecified atom stereocenters. The van der Waals surface area contributed by atoms with Crippen molar-refractivity contribution >= 4 is 33.8 Å². The van der Waals surface area contributed by atoms with Gasteiger partial charge in [-0.25, -0.2) is 14.2 Å². The molecule has 3 aromatic carbocycles. The molecule has 2 atom stereocenters. The van der Waals surface area contributed by atoms with Crippen molar-refractivity contribution in [1.82, 2.24) is 25.1 Å². The van der Waals surface area contributed by atoms with Gasteiger partial charge >= 0.3 is 6.03 Å². The van der Waals surface area contributed by atoms with Gasteiger partial charge in [0.2, 0.25) is 0 Å². The van der Waals surface area contributed by atoms with Crippen molar-refractivity contribution in [3.63, 3.8) is 0 Å². The van der Waals surface area contributed by atoms with Crippen molar-refractivity contribution in [3.8, 4) is 17.0 Å². The summed E-state index contributed by atoms with van der Waals surface area (Å²) in [4.78, 5) is 49.0. The maximum absolute atomic E-state index is 14.7. The smallest absolute Gasteiger partial charge is 0.325 e. The molecule has 9 nitrogen and oxygen atoms in total. The van der Waals surface area contributed by atoms with Gasteiger partial charge in [-0.2, -0.15) is 0 Å². The lowest BCUT2D eigenvalue weighted by molar-refractivity contribution is -0.131. The van der Waals surface area contributed by atoms with E-state index >= 15 is 0 Å². The minimum absolute atomic E-state index is 0.115. The van der Waals surface area contributed by atoms with Crippen molar-refractivity contribution in [2.45, 2.75) is 18.5 Å². The molecular formula is C30H27BrFN5O4. The lowest BCUT2D eigenvalue weighted by Gasteiger charge is -2.24. The molecule has 2 N–H and O–H groups in total. The summed E-state index contributed by atoms with van der Waals surface area (Å²) in [5.74, 6) is -0.258. The third kappa shape index (κ3) is 6.14. The van der Waals surface area contributed by atoms with Crippen LogP contribution in [0.1, 0.15) is 29.0 Å². The fraction of sp³-hybridized carbons (Fsp3) is 0.200. The highest BCUT2D eigenvalue weighted by Crippen LogP contribution is 2.33. The van der Waals surface area contributed by atoms with Crippen molar-refractivity contribution in [1.29, 1.82) is 0 Å². The zero-order valence-corrected chi connectivity index (χ0v) is 23.9. The van der Waals surface area contributed by atoms with Crippen molar-refractivity contribution in [2.75, 3.05) is 20.7 Å². The highest BCUT2D eigenvalue weighted by Gasteiger charge is 2.44. The minimum Gasteiger partial charge on any atom is -0.484 e. The Kier molecular flexibility index (Phi) is 8.16. The molecule has 4 amide bonds. The van der Waals surface area contributed by atoms with E-state index in [0.717, 1.165) is 5.56 Å². The van der Waals surface area contributed by atoms with Crippen LogP contribution in [-0.4, -0.2) is 58.3 Å². The van der Waals surface area contributed by atoms with Crippen LogP contribution in [0.4, 0.5) is 9.18 Å². The van der Waals surface area contributed by atoms with Crippen molar-refractivity contribution in [2.24, 2.45) is 0 Å². The normalized spacial score (nSPS) is 15.5. The highest BCUT2D eigenvalue weighted by molar-refractivity contribution is 9.10. The molecule has 2 heterocycles. The number of carbonyl (C=O) groups excluding carboxylic acids is 3. The molecule has 41 heavy (non-hydrogen) atoms. The molecule has 1 saturated heterocycles. The first-order valence-corrected chi connectivity index (χ1v) is 13.6. The average molecular weight is 620 g/mol. The van der Waals surface area contributed by atoms with Gasteiger partial charge in [0.25, 0.3) is 11.8 Å². The van der Waals surface area contributed by atoms with Crippen LogP contribution < -0.4 is 10.1 Å². The second-order valence-electron chi connectivity index (χ2n) is 9.75. The van der Waals surface area contributed by atoms with E-state index in [0.29, 0.717) is 39.3 Å². The van der Waals surface area contributed by atoms with Gasteiger partial charge in [-0.05, 0) is 41.5 Å². The van der Waals surface area contributed by atoms with Gasteiger partial charge in [0.15, 0.2) is 6.61 Å². The predicted molar refractivity (Wildman–Crippen MR) is 153 cm³/mol. The number of urea groups is 1. The predicted octanol–water partition coefficient (Wildman–Crippen LogP) is 5.02. The van der Waals surface area contributed by atoms with Crippen LogP contribution in [-0.2, 0) is 16.0 Å². The molecule has 4 aromatic rings. The third-order valence-electron chi connectivity index (χ3n) is 6.76. The Morgan fingerprint density at radius 2 is 1.83 bits per heavy atom. The van der Waals surface area contributed by atoms with Crippen LogP contribution in [0.2, 0.25) is 0 Å². The first-order chi connectivity index (χ1) is 19.7. The maximum Gasteiger partial charge on any atom is 0.325 e. The van der Waals surface area contributed by atoms with Crippen LogP contribution in [0.25, 0.3) is 11.3 Å². The molecule has 1 aliphatic rings. The maximum atomic E-state index is 14.7. The fourth-order valence-corrected chi connectivity index (χ4v) is 4.88. The Morgan fingerprint density at radius 1 is 1.10 bits per heavy atom. The number of nitrogens with one attached hydrogen (secondary N) is 2. The number of hydrogen-bond acceptors (Lipinski definition) is 5. The molecule has 1 aromatic heterocycles. The molecule has 0 radical (unpaired) electrons. The van der Waals surface area contributed by atoms with Gasteiger partial charge in [0.05, 0.1) is 11.9 Å². The van der Waals surface area contributed by atoms with E-state index in [1.54, 1.807) is 50.5 Å². The van der Waals surface area contributed by atoms with Crippen LogP contribution in [0.3, 0.4) is 0 Å². The summed E-state index contributed by atoms with van der Waals surface area (Å²) in [6, 6.07) is 18.5. The topological polar surface area (TPSA) is 108 Å². The lowest BCUT2D eigenvalue weighted by atomic mass is 10.0. The second-order valence-corrected chi connectivity index (χ2v) is 10.7. The number of aromatic nitrogens is 2. The molecule has 11 heteroatoms. The molecule has 210 valence electrons. The highest BCUT2D eigenvalue weighted by atomic mass is 79.9. The molecular weight excluding hydrogens is 593 g/mol. The van der Waals surface area contributed by atoms with E-state index < -0.39 is 29.8 Å². The first-order valence-electron chi connectivity index (χ1n) is 12.8. The summed E-state index contributed by atoms with van der Waals surface area (Å²) < 4.78 is 20.8. The molecule has 0 bridgehead atoms. The van der Waals surface area contributed by atoms with E-state index in [1.165, 1.54) is 22.1 Å². The summed E-state index contributed by atoms with van der Waals surface area (Å²) >= 11 is 3.26. The van der Waals surface area contributed by atoms with E-state index in [4.69, 9.17) is 4.74 Å². The molecule has 0 saturated carbocycles. The SMILES string of the molecule is CN(C)C(=O)COc1ccc(C2NC(=O)N([C@@H](Cc3ccccc3)c3ncc(-c4ccc(Br)cc4F)[nH]3)C2=O)cc1. The number of carbonyl (C=O) groups is 3. The molecule has 1 fully saturated rings. The summed E-state index contributed by atoms with van der Waals surface area (Å²) in [6.07, 6.45) is 1.80. The molecule has 0 spiro atoms. The van der Waals surface area contributed by atoms with Gasteiger partial charge in [0.1, 0.15) is 29.5 Å². The monoisotopic (exact) mass is 619 g/mol. The number of nitrogens with zero attached hydrogens (tertiary/aromatic N) is 3. The van der Waals surface area contributed by atoms with Gasteiger partial charge in [-0.3, -0.25) is 14.5 Å². The number of aromatic amines is 1. The van der Waals surface area contributed by atoms with E-state index in [1.807, 2.05) is 30.3 Å². The van der Waals surface area contributed by atoms with Gasteiger partial charge < -0.3 is 19.9 Å². The average Bonchev–Trinajstić information content (AvgIpc) is 3.55. The van der Waals surface area contributed by atoms with Crippen LogP contribution in [0.15, 0.2) is 83.5 Å². The number of halogens is 2. The Bertz CT molecular complexity index is 1580. The standard InChI is InChI=1S/C30H27BrFN5O4/c1-36(2)26(38)17-41-21-11-8-19(9-12-21)27-29(39)37(30(40)35-27)25(14-18-6-4-3-5-7-18)28-33-16-24(34-28)22-13-10-20(31)15-23(22)32/h3-13,15-16,25,27H,14,17H2,1-2H3,(H,33,34)(H,35,40)/t25-,27?/m0/s1. The number of H-pyrrole nitrogens is 1. The number of ether oxygens (including phenoxy) is 1. The number of imidazole rings is 1. The molecule has 5 rings (SSSR count). The summed E-state index contributed by atoms with van der Waals surface area (Å²) in [5, 5.41) is 2.77. The van der Waals surface area contributed by atoms with Crippen molar-refractivity contribution in [3.05, 3.63) is 106 Å². The molecule has 0 aliphatic carbocycles.